The first-order valence-corrected chi connectivity index (χ1v) is 6.77. The molecule has 100 valence electrons. The highest BCUT2D eigenvalue weighted by atomic mass is 16.5. The molecule has 1 aromatic carbocycles. The van der Waals surface area contributed by atoms with E-state index in [2.05, 4.69) is 0 Å². The van der Waals surface area contributed by atoms with Gasteiger partial charge in [-0.1, -0.05) is 6.07 Å². The first kappa shape index (κ1) is 11.1. The lowest BCUT2D eigenvalue weighted by Gasteiger charge is -2.13. The van der Waals surface area contributed by atoms with Crippen molar-refractivity contribution < 1.29 is 19.4 Å². The summed E-state index contributed by atoms with van der Waals surface area (Å²) in [5.74, 6) is 0.711. The molecule has 1 heterocycles. The van der Waals surface area contributed by atoms with Gasteiger partial charge >= 0.3 is 5.97 Å². The third-order valence-electron chi connectivity index (χ3n) is 4.68. The summed E-state index contributed by atoms with van der Waals surface area (Å²) in [7, 11) is 0. The van der Waals surface area contributed by atoms with Crippen LogP contribution in [0.2, 0.25) is 0 Å². The van der Waals surface area contributed by atoms with Gasteiger partial charge in [0.1, 0.15) is 0 Å². The van der Waals surface area contributed by atoms with Crippen molar-refractivity contribution in [3.63, 3.8) is 0 Å². The molecule has 4 nitrogen and oxygen atoms in total. The Labute approximate surface area is 111 Å². The van der Waals surface area contributed by atoms with E-state index in [1.807, 2.05) is 18.2 Å². The number of fused-ring (bicyclic) bond motifs is 1. The van der Waals surface area contributed by atoms with Gasteiger partial charge in [0, 0.05) is 5.41 Å². The highest BCUT2D eigenvalue weighted by molar-refractivity contribution is 5.85. The molecule has 19 heavy (non-hydrogen) atoms. The van der Waals surface area contributed by atoms with Gasteiger partial charge in [-0.2, -0.15) is 0 Å². The molecule has 1 aliphatic heterocycles. The Balaban J connectivity index is 1.67. The Kier molecular flexibility index (Phi) is 2.02. The molecule has 2 fully saturated rings. The number of aliphatic carboxylic acids is 1. The summed E-state index contributed by atoms with van der Waals surface area (Å²) >= 11 is 0. The van der Waals surface area contributed by atoms with Gasteiger partial charge < -0.3 is 14.6 Å². The van der Waals surface area contributed by atoms with Crippen LogP contribution in [0.3, 0.4) is 0 Å². The predicted molar refractivity (Wildman–Crippen MR) is 67.6 cm³/mol. The zero-order valence-corrected chi connectivity index (χ0v) is 10.6. The molecule has 4 rings (SSSR count). The van der Waals surface area contributed by atoms with Gasteiger partial charge in [-0.25, -0.2) is 0 Å². The Morgan fingerprint density at radius 3 is 2.32 bits per heavy atom. The maximum absolute atomic E-state index is 11.4. The second-order valence-electron chi connectivity index (χ2n) is 6.13. The van der Waals surface area contributed by atoms with Crippen LogP contribution < -0.4 is 9.47 Å². The molecule has 1 aromatic rings. The van der Waals surface area contributed by atoms with E-state index in [4.69, 9.17) is 9.47 Å². The quantitative estimate of drug-likeness (QED) is 0.886. The van der Waals surface area contributed by atoms with Gasteiger partial charge in [0.25, 0.3) is 0 Å². The number of carbonyl (C=O) groups is 1. The van der Waals surface area contributed by atoms with Crippen LogP contribution in [0.25, 0.3) is 0 Å². The molecule has 0 bridgehead atoms. The number of rotatable bonds is 2. The predicted octanol–water partition coefficient (Wildman–Crippen LogP) is 2.35. The summed E-state index contributed by atoms with van der Waals surface area (Å²) in [6.45, 7) is 1.40. The summed E-state index contributed by atoms with van der Waals surface area (Å²) in [6.07, 6.45) is 3.75. The summed E-state index contributed by atoms with van der Waals surface area (Å²) in [4.78, 5) is 11.4. The second kappa shape index (κ2) is 3.44. The van der Waals surface area contributed by atoms with Crippen LogP contribution in [0.1, 0.15) is 31.2 Å². The maximum Gasteiger partial charge on any atom is 0.314 e. The van der Waals surface area contributed by atoms with Crippen LogP contribution in [0.4, 0.5) is 0 Å². The van der Waals surface area contributed by atoms with Crippen LogP contribution >= 0.6 is 0 Å². The maximum atomic E-state index is 11.4. The first-order valence-electron chi connectivity index (χ1n) is 6.77. The monoisotopic (exact) mass is 260 g/mol. The lowest BCUT2D eigenvalue weighted by Crippen LogP contribution is -2.19. The fourth-order valence-electron chi connectivity index (χ4n) is 2.76. The van der Waals surface area contributed by atoms with Crippen LogP contribution in [0, 0.1) is 5.41 Å². The number of ether oxygens (including phenoxy) is 2. The van der Waals surface area contributed by atoms with Crippen LogP contribution in [-0.2, 0) is 10.2 Å². The van der Waals surface area contributed by atoms with Crippen LogP contribution in [0.5, 0.6) is 11.5 Å². The summed E-state index contributed by atoms with van der Waals surface area (Å²) < 4.78 is 11.7. The minimum Gasteiger partial charge on any atom is -0.489 e. The molecule has 0 atom stereocenters. The SMILES string of the molecule is O=C(O)C1(c2ccc3c(c2)OCC2(CC2)CO3)CC1. The third kappa shape index (κ3) is 1.62. The van der Waals surface area contributed by atoms with E-state index in [1.54, 1.807) is 0 Å². The van der Waals surface area contributed by atoms with E-state index in [9.17, 15) is 9.90 Å². The Bertz CT molecular complexity index is 555. The first-order chi connectivity index (χ1) is 9.14. The van der Waals surface area contributed by atoms with Crippen molar-refractivity contribution in [3.8, 4) is 11.5 Å². The molecule has 1 spiro atoms. The number of hydrogen-bond acceptors (Lipinski definition) is 3. The highest BCUT2D eigenvalue weighted by Gasteiger charge is 2.52. The number of hydrogen-bond donors (Lipinski definition) is 1. The van der Waals surface area contributed by atoms with Gasteiger partial charge in [-0.15, -0.1) is 0 Å². The van der Waals surface area contributed by atoms with Crippen LogP contribution in [0.15, 0.2) is 18.2 Å². The molecule has 2 saturated carbocycles. The highest BCUT2D eigenvalue weighted by Crippen LogP contribution is 2.52. The van der Waals surface area contributed by atoms with Crippen molar-refractivity contribution in [3.05, 3.63) is 23.8 Å². The zero-order valence-electron chi connectivity index (χ0n) is 10.6. The molecule has 0 radical (unpaired) electrons. The van der Waals surface area contributed by atoms with Gasteiger partial charge in [-0.3, -0.25) is 4.79 Å². The van der Waals surface area contributed by atoms with Gasteiger partial charge in [-0.05, 0) is 43.4 Å². The molecule has 0 unspecified atom stereocenters. The smallest absolute Gasteiger partial charge is 0.314 e. The molecule has 0 aromatic heterocycles. The molecular weight excluding hydrogens is 244 g/mol. The molecule has 2 aliphatic carbocycles. The molecule has 0 amide bonds. The third-order valence-corrected chi connectivity index (χ3v) is 4.68. The Morgan fingerprint density at radius 2 is 1.74 bits per heavy atom. The van der Waals surface area contributed by atoms with E-state index >= 15 is 0 Å². The fraction of sp³-hybridized carbons (Fsp3) is 0.533. The molecule has 4 heteroatoms. The van der Waals surface area contributed by atoms with Gasteiger partial charge in [0.15, 0.2) is 11.5 Å². The number of benzene rings is 1. The standard InChI is InChI=1S/C15H16O4/c16-13(17)15(5-6-15)10-1-2-11-12(7-10)19-9-14(3-4-14)8-18-11/h1-2,7H,3-6,8-9H2,(H,16,17). The van der Waals surface area contributed by atoms with E-state index in [0.717, 1.165) is 24.2 Å². The average Bonchev–Trinajstić information content (AvgIpc) is 3.28. The van der Waals surface area contributed by atoms with Crippen molar-refractivity contribution in [1.29, 1.82) is 0 Å². The molecule has 0 saturated heterocycles. The average molecular weight is 260 g/mol. The minimum absolute atomic E-state index is 0.212. The van der Waals surface area contributed by atoms with Crippen molar-refractivity contribution >= 4 is 5.97 Å². The normalized spacial score (nSPS) is 24.6. The summed E-state index contributed by atoms with van der Waals surface area (Å²) in [6, 6.07) is 5.58. The molecule has 3 aliphatic rings. The lowest BCUT2D eigenvalue weighted by molar-refractivity contribution is -0.140. The number of carboxylic acids is 1. The largest absolute Gasteiger partial charge is 0.489 e. The molecule has 1 N–H and O–H groups in total. The minimum atomic E-state index is -0.736. The summed E-state index contributed by atoms with van der Waals surface area (Å²) in [5.41, 5.74) is 0.375. The summed E-state index contributed by atoms with van der Waals surface area (Å²) in [5, 5.41) is 9.34. The fourth-order valence-corrected chi connectivity index (χ4v) is 2.76. The van der Waals surface area contributed by atoms with E-state index in [1.165, 1.54) is 0 Å². The van der Waals surface area contributed by atoms with Crippen molar-refractivity contribution in [2.75, 3.05) is 13.2 Å². The van der Waals surface area contributed by atoms with Crippen molar-refractivity contribution in [2.45, 2.75) is 31.1 Å². The van der Waals surface area contributed by atoms with Crippen molar-refractivity contribution in [2.24, 2.45) is 5.41 Å². The van der Waals surface area contributed by atoms with Gasteiger partial charge in [0.05, 0.1) is 18.6 Å². The van der Waals surface area contributed by atoms with Gasteiger partial charge in [0.2, 0.25) is 0 Å². The van der Waals surface area contributed by atoms with Crippen LogP contribution in [-0.4, -0.2) is 24.3 Å². The topological polar surface area (TPSA) is 55.8 Å². The number of carboxylic acid groups (broad SMARTS) is 1. The van der Waals surface area contributed by atoms with Crippen molar-refractivity contribution in [1.82, 2.24) is 0 Å². The van der Waals surface area contributed by atoms with E-state index in [0.29, 0.717) is 31.8 Å². The Hall–Kier alpha value is -1.71. The Morgan fingerprint density at radius 1 is 1.05 bits per heavy atom. The second-order valence-corrected chi connectivity index (χ2v) is 6.13. The van der Waals surface area contributed by atoms with E-state index < -0.39 is 11.4 Å². The van der Waals surface area contributed by atoms with E-state index in [-0.39, 0.29) is 5.41 Å². The zero-order chi connectivity index (χ0) is 13.1. The lowest BCUT2D eigenvalue weighted by atomic mass is 9.96. The molecular formula is C15H16O4.